The van der Waals surface area contributed by atoms with Gasteiger partial charge in [0, 0.05) is 16.8 Å². The zero-order valence-electron chi connectivity index (χ0n) is 10.2. The maximum absolute atomic E-state index is 5.99. The van der Waals surface area contributed by atoms with Gasteiger partial charge >= 0.3 is 0 Å². The number of hydrogen-bond donors (Lipinski definition) is 1. The minimum absolute atomic E-state index is 0.715. The number of methoxy groups -OCH3 is 2. The molecule has 2 aromatic rings. The van der Waals surface area contributed by atoms with Crippen molar-refractivity contribution in [1.29, 1.82) is 0 Å². The number of halogens is 1. The molecule has 0 saturated heterocycles. The molecule has 0 bridgehead atoms. The van der Waals surface area contributed by atoms with Gasteiger partial charge < -0.3 is 15.2 Å². The summed E-state index contributed by atoms with van der Waals surface area (Å²) < 4.78 is 11.5. The highest BCUT2D eigenvalue weighted by atomic mass is 79.9. The standard InChI is InChI=1S/C14H14BrNO2/c1-17-12-8-7-10(14(18-2)13(12)15)9-5-3-4-6-11(9)16/h3-8H,16H2,1-2H3. The van der Waals surface area contributed by atoms with Crippen molar-refractivity contribution in [2.24, 2.45) is 0 Å². The van der Waals surface area contributed by atoms with Gasteiger partial charge in [0.25, 0.3) is 0 Å². The van der Waals surface area contributed by atoms with Crippen LogP contribution in [-0.4, -0.2) is 14.2 Å². The molecular formula is C14H14BrNO2. The third-order valence-corrected chi connectivity index (χ3v) is 3.49. The van der Waals surface area contributed by atoms with Gasteiger partial charge in [-0.3, -0.25) is 0 Å². The van der Waals surface area contributed by atoms with Gasteiger partial charge in [-0.1, -0.05) is 18.2 Å². The van der Waals surface area contributed by atoms with E-state index in [1.54, 1.807) is 14.2 Å². The fourth-order valence-corrected chi connectivity index (χ4v) is 2.52. The Morgan fingerprint density at radius 3 is 2.28 bits per heavy atom. The van der Waals surface area contributed by atoms with Crippen LogP contribution in [0.1, 0.15) is 0 Å². The van der Waals surface area contributed by atoms with Gasteiger partial charge in [-0.25, -0.2) is 0 Å². The Bertz CT molecular complexity index is 570. The molecule has 0 fully saturated rings. The maximum Gasteiger partial charge on any atom is 0.144 e. The fourth-order valence-electron chi connectivity index (χ4n) is 1.85. The average Bonchev–Trinajstić information content (AvgIpc) is 2.39. The van der Waals surface area contributed by atoms with Gasteiger partial charge in [-0.15, -0.1) is 0 Å². The van der Waals surface area contributed by atoms with E-state index in [0.29, 0.717) is 11.4 Å². The molecule has 2 aromatic carbocycles. The van der Waals surface area contributed by atoms with E-state index in [1.807, 2.05) is 36.4 Å². The van der Waals surface area contributed by atoms with Gasteiger partial charge in [-0.05, 0) is 34.1 Å². The Balaban J connectivity index is 2.66. The summed E-state index contributed by atoms with van der Waals surface area (Å²) in [7, 11) is 3.25. The lowest BCUT2D eigenvalue weighted by molar-refractivity contribution is 0.390. The zero-order chi connectivity index (χ0) is 13.1. The van der Waals surface area contributed by atoms with Crippen LogP contribution in [0.2, 0.25) is 0 Å². The number of hydrogen-bond acceptors (Lipinski definition) is 3. The molecule has 0 saturated carbocycles. The van der Waals surface area contributed by atoms with Crippen molar-refractivity contribution < 1.29 is 9.47 Å². The smallest absolute Gasteiger partial charge is 0.144 e. The van der Waals surface area contributed by atoms with E-state index in [9.17, 15) is 0 Å². The minimum atomic E-state index is 0.715. The second-order valence-electron chi connectivity index (χ2n) is 3.75. The summed E-state index contributed by atoms with van der Waals surface area (Å²) in [4.78, 5) is 0. The molecule has 0 atom stereocenters. The first-order valence-corrected chi connectivity index (χ1v) is 6.23. The maximum atomic E-state index is 5.99. The molecule has 0 heterocycles. The summed E-state index contributed by atoms with van der Waals surface area (Å²) in [6.45, 7) is 0. The highest BCUT2D eigenvalue weighted by molar-refractivity contribution is 9.10. The van der Waals surface area contributed by atoms with Crippen molar-refractivity contribution in [1.82, 2.24) is 0 Å². The first kappa shape index (κ1) is 12.8. The Morgan fingerprint density at radius 1 is 0.944 bits per heavy atom. The molecule has 0 amide bonds. The van der Waals surface area contributed by atoms with Crippen LogP contribution in [0.25, 0.3) is 11.1 Å². The number of ether oxygens (including phenoxy) is 2. The summed E-state index contributed by atoms with van der Waals surface area (Å²) in [6, 6.07) is 11.5. The first-order chi connectivity index (χ1) is 8.69. The van der Waals surface area contributed by atoms with Gasteiger partial charge in [-0.2, -0.15) is 0 Å². The third kappa shape index (κ3) is 2.16. The molecule has 0 aliphatic heterocycles. The Hall–Kier alpha value is -1.68. The quantitative estimate of drug-likeness (QED) is 0.879. The van der Waals surface area contributed by atoms with Crippen molar-refractivity contribution in [3.05, 3.63) is 40.9 Å². The predicted molar refractivity (Wildman–Crippen MR) is 77.1 cm³/mol. The van der Waals surface area contributed by atoms with Gasteiger partial charge in [0.15, 0.2) is 0 Å². The molecule has 0 radical (unpaired) electrons. The van der Waals surface area contributed by atoms with E-state index < -0.39 is 0 Å². The fraction of sp³-hybridized carbons (Fsp3) is 0.143. The van der Waals surface area contributed by atoms with Crippen molar-refractivity contribution in [2.45, 2.75) is 0 Å². The molecule has 2 N–H and O–H groups in total. The molecule has 3 nitrogen and oxygen atoms in total. The van der Waals surface area contributed by atoms with E-state index in [1.165, 1.54) is 0 Å². The summed E-state index contributed by atoms with van der Waals surface area (Å²) in [5.41, 5.74) is 8.59. The summed E-state index contributed by atoms with van der Waals surface area (Å²) in [5.74, 6) is 1.44. The van der Waals surface area contributed by atoms with Crippen molar-refractivity contribution in [2.75, 3.05) is 20.0 Å². The van der Waals surface area contributed by atoms with Crippen LogP contribution < -0.4 is 15.2 Å². The molecule has 0 aromatic heterocycles. The monoisotopic (exact) mass is 307 g/mol. The lowest BCUT2D eigenvalue weighted by Gasteiger charge is -2.14. The SMILES string of the molecule is COc1ccc(-c2ccccc2N)c(OC)c1Br. The van der Waals surface area contributed by atoms with Crippen molar-refractivity contribution >= 4 is 21.6 Å². The van der Waals surface area contributed by atoms with E-state index in [0.717, 1.165) is 21.3 Å². The molecule has 0 aliphatic carbocycles. The van der Waals surface area contributed by atoms with E-state index in [-0.39, 0.29) is 0 Å². The van der Waals surface area contributed by atoms with Crippen molar-refractivity contribution in [3.63, 3.8) is 0 Å². The van der Waals surface area contributed by atoms with Crippen molar-refractivity contribution in [3.8, 4) is 22.6 Å². The van der Waals surface area contributed by atoms with E-state index in [4.69, 9.17) is 15.2 Å². The largest absolute Gasteiger partial charge is 0.495 e. The second-order valence-corrected chi connectivity index (χ2v) is 4.54. The molecule has 4 heteroatoms. The average molecular weight is 308 g/mol. The Morgan fingerprint density at radius 2 is 1.67 bits per heavy atom. The minimum Gasteiger partial charge on any atom is -0.495 e. The number of benzene rings is 2. The summed E-state index contributed by atoms with van der Waals surface area (Å²) in [6.07, 6.45) is 0. The number of nitrogen functional groups attached to an aromatic ring is 1. The molecule has 0 spiro atoms. The molecule has 2 rings (SSSR count). The van der Waals surface area contributed by atoms with Gasteiger partial charge in [0.05, 0.1) is 14.2 Å². The second kappa shape index (κ2) is 5.31. The lowest BCUT2D eigenvalue weighted by atomic mass is 10.0. The van der Waals surface area contributed by atoms with E-state index >= 15 is 0 Å². The molecule has 18 heavy (non-hydrogen) atoms. The topological polar surface area (TPSA) is 44.5 Å². The van der Waals surface area contributed by atoms with Crippen LogP contribution in [0.15, 0.2) is 40.9 Å². The predicted octanol–water partition coefficient (Wildman–Crippen LogP) is 3.72. The van der Waals surface area contributed by atoms with E-state index in [2.05, 4.69) is 15.9 Å². The highest BCUT2D eigenvalue weighted by Gasteiger charge is 2.15. The normalized spacial score (nSPS) is 10.2. The Labute approximate surface area is 115 Å². The number of rotatable bonds is 3. The van der Waals surface area contributed by atoms with Crippen LogP contribution in [0.5, 0.6) is 11.5 Å². The number of para-hydroxylation sites is 1. The van der Waals surface area contributed by atoms with Crippen LogP contribution in [0, 0.1) is 0 Å². The molecular weight excluding hydrogens is 294 g/mol. The number of anilines is 1. The molecule has 94 valence electrons. The van der Waals surface area contributed by atoms with Crippen LogP contribution in [0.3, 0.4) is 0 Å². The van der Waals surface area contributed by atoms with Crippen LogP contribution in [0.4, 0.5) is 5.69 Å². The highest BCUT2D eigenvalue weighted by Crippen LogP contribution is 2.43. The zero-order valence-corrected chi connectivity index (χ0v) is 11.8. The first-order valence-electron chi connectivity index (χ1n) is 5.44. The van der Waals surface area contributed by atoms with Crippen LogP contribution in [-0.2, 0) is 0 Å². The summed E-state index contributed by atoms with van der Waals surface area (Å²) in [5, 5.41) is 0. The van der Waals surface area contributed by atoms with Gasteiger partial charge in [0.2, 0.25) is 0 Å². The number of nitrogens with two attached hydrogens (primary N) is 1. The molecule has 0 unspecified atom stereocenters. The lowest BCUT2D eigenvalue weighted by Crippen LogP contribution is -1.95. The van der Waals surface area contributed by atoms with Gasteiger partial charge in [0.1, 0.15) is 16.0 Å². The summed E-state index contributed by atoms with van der Waals surface area (Å²) >= 11 is 3.48. The molecule has 0 aliphatic rings. The Kier molecular flexibility index (Phi) is 3.77. The third-order valence-electron chi connectivity index (χ3n) is 2.74. The van der Waals surface area contributed by atoms with Crippen LogP contribution >= 0.6 is 15.9 Å².